The first kappa shape index (κ1) is 14.6. The highest BCUT2D eigenvalue weighted by Crippen LogP contribution is 2.34. The Kier molecular flexibility index (Phi) is 3.75. The van der Waals surface area contributed by atoms with E-state index in [9.17, 15) is 26.3 Å². The largest absolute Gasteiger partial charge is 0.574 e. The Balaban J connectivity index is 3.31. The maximum Gasteiger partial charge on any atom is 0.574 e. The lowest BCUT2D eigenvalue weighted by molar-refractivity contribution is -0.276. The number of nitrogens with zero attached hydrogens (tertiary/aromatic N) is 1. The Morgan fingerprint density at radius 3 is 2.17 bits per heavy atom. The first-order valence-electron chi connectivity index (χ1n) is 4.58. The molecule has 0 aromatic carbocycles. The van der Waals surface area contributed by atoms with Crippen LogP contribution in [0.2, 0.25) is 0 Å². The lowest BCUT2D eigenvalue weighted by atomic mass is 10.1. The molecule has 1 rings (SSSR count). The van der Waals surface area contributed by atoms with Crippen molar-refractivity contribution in [3.63, 3.8) is 0 Å². The number of hydrogen-bond acceptors (Lipinski definition) is 3. The van der Waals surface area contributed by atoms with E-state index in [1.54, 1.807) is 0 Å². The van der Waals surface area contributed by atoms with Crippen LogP contribution in [0.1, 0.15) is 16.8 Å². The Bertz CT molecular complexity index is 440. The van der Waals surface area contributed by atoms with Gasteiger partial charge in [0.1, 0.15) is 0 Å². The predicted molar refractivity (Wildman–Crippen MR) is 48.6 cm³/mol. The van der Waals surface area contributed by atoms with E-state index in [-0.39, 0.29) is 5.56 Å². The van der Waals surface area contributed by atoms with Crippen molar-refractivity contribution in [1.82, 2.24) is 4.98 Å². The van der Waals surface area contributed by atoms with E-state index < -0.39 is 36.2 Å². The standard InChI is InChI=1S/C9H8F6N2O/c1-4-2-5(3-16)6(8(10,11)12)17-7(4)18-9(13,14)15/h2H,3,16H2,1H3. The zero-order valence-corrected chi connectivity index (χ0v) is 8.99. The summed E-state index contributed by atoms with van der Waals surface area (Å²) in [6.07, 6.45) is -10.0. The molecule has 0 spiro atoms. The Hall–Kier alpha value is -1.51. The van der Waals surface area contributed by atoms with Gasteiger partial charge in [-0.25, -0.2) is 4.98 Å². The second-order valence-electron chi connectivity index (χ2n) is 3.37. The third-order valence-corrected chi connectivity index (χ3v) is 1.95. The molecule has 0 aliphatic heterocycles. The smallest absolute Gasteiger partial charge is 0.388 e. The zero-order valence-electron chi connectivity index (χ0n) is 8.99. The number of rotatable bonds is 2. The van der Waals surface area contributed by atoms with Gasteiger partial charge in [-0.05, 0) is 18.6 Å². The van der Waals surface area contributed by atoms with Gasteiger partial charge in [0.25, 0.3) is 0 Å². The second kappa shape index (κ2) is 4.63. The number of alkyl halides is 6. The van der Waals surface area contributed by atoms with Crippen molar-refractivity contribution in [1.29, 1.82) is 0 Å². The first-order chi connectivity index (χ1) is 8.04. The van der Waals surface area contributed by atoms with Gasteiger partial charge in [0.15, 0.2) is 5.69 Å². The number of pyridine rings is 1. The van der Waals surface area contributed by atoms with Crippen LogP contribution >= 0.6 is 0 Å². The van der Waals surface area contributed by atoms with Crippen molar-refractivity contribution in [2.45, 2.75) is 26.0 Å². The fraction of sp³-hybridized carbons (Fsp3) is 0.444. The van der Waals surface area contributed by atoms with E-state index in [2.05, 4.69) is 9.72 Å². The molecule has 9 heteroatoms. The molecule has 0 fully saturated rings. The maximum absolute atomic E-state index is 12.5. The lowest BCUT2D eigenvalue weighted by Gasteiger charge is -2.15. The van der Waals surface area contributed by atoms with Crippen LogP contribution in [0.5, 0.6) is 5.88 Å². The third kappa shape index (κ3) is 3.49. The number of ether oxygens (including phenoxy) is 1. The van der Waals surface area contributed by atoms with Gasteiger partial charge < -0.3 is 10.5 Å². The Morgan fingerprint density at radius 2 is 1.78 bits per heavy atom. The minimum Gasteiger partial charge on any atom is -0.388 e. The van der Waals surface area contributed by atoms with Crippen LogP contribution in [0.15, 0.2) is 6.07 Å². The second-order valence-corrected chi connectivity index (χ2v) is 3.37. The van der Waals surface area contributed by atoms with Gasteiger partial charge in [-0.15, -0.1) is 13.2 Å². The summed E-state index contributed by atoms with van der Waals surface area (Å²) in [7, 11) is 0. The number of nitrogens with two attached hydrogens (primary N) is 1. The van der Waals surface area contributed by atoms with E-state index in [4.69, 9.17) is 5.73 Å². The molecular weight excluding hydrogens is 266 g/mol. The third-order valence-electron chi connectivity index (χ3n) is 1.95. The lowest BCUT2D eigenvalue weighted by Crippen LogP contribution is -2.21. The predicted octanol–water partition coefficient (Wildman–Crippen LogP) is 2.77. The number of aryl methyl sites for hydroxylation is 1. The zero-order chi connectivity index (χ0) is 14.1. The normalized spacial score (nSPS) is 12.7. The topological polar surface area (TPSA) is 48.1 Å². The molecule has 1 aromatic heterocycles. The molecule has 0 saturated carbocycles. The molecule has 0 saturated heterocycles. The maximum atomic E-state index is 12.5. The van der Waals surface area contributed by atoms with Crippen LogP contribution in [0.4, 0.5) is 26.3 Å². The van der Waals surface area contributed by atoms with Crippen molar-refractivity contribution < 1.29 is 31.1 Å². The fourth-order valence-electron chi connectivity index (χ4n) is 1.27. The van der Waals surface area contributed by atoms with Gasteiger partial charge in [0.05, 0.1) is 0 Å². The van der Waals surface area contributed by atoms with Gasteiger partial charge in [0, 0.05) is 12.1 Å². The van der Waals surface area contributed by atoms with Gasteiger partial charge in [-0.1, -0.05) is 0 Å². The Labute approximate surface area is 97.6 Å². The summed E-state index contributed by atoms with van der Waals surface area (Å²) >= 11 is 0. The molecule has 0 atom stereocenters. The molecule has 0 unspecified atom stereocenters. The van der Waals surface area contributed by atoms with Crippen molar-refractivity contribution >= 4 is 0 Å². The average molecular weight is 274 g/mol. The van der Waals surface area contributed by atoms with Crippen molar-refractivity contribution in [2.75, 3.05) is 0 Å². The molecule has 2 N–H and O–H groups in total. The first-order valence-corrected chi connectivity index (χ1v) is 4.58. The summed E-state index contributed by atoms with van der Waals surface area (Å²) in [6, 6.07) is 0.872. The van der Waals surface area contributed by atoms with E-state index in [0.29, 0.717) is 0 Å². The molecule has 0 aliphatic carbocycles. The summed E-state index contributed by atoms with van der Waals surface area (Å²) in [4.78, 5) is 2.85. The molecule has 1 heterocycles. The van der Waals surface area contributed by atoms with Crippen molar-refractivity contribution in [3.05, 3.63) is 22.9 Å². The van der Waals surface area contributed by atoms with Gasteiger partial charge in [-0.2, -0.15) is 13.2 Å². The molecule has 0 aliphatic rings. The highest BCUT2D eigenvalue weighted by Gasteiger charge is 2.38. The van der Waals surface area contributed by atoms with E-state index in [0.717, 1.165) is 13.0 Å². The summed E-state index contributed by atoms with van der Waals surface area (Å²) < 4.78 is 76.9. The van der Waals surface area contributed by atoms with Crippen molar-refractivity contribution in [3.8, 4) is 5.88 Å². The molecule has 18 heavy (non-hydrogen) atoms. The molecule has 3 nitrogen and oxygen atoms in total. The number of halogens is 6. The summed E-state index contributed by atoms with van der Waals surface area (Å²) in [5, 5.41) is 0. The molecule has 0 amide bonds. The highest BCUT2D eigenvalue weighted by molar-refractivity contribution is 5.35. The van der Waals surface area contributed by atoms with Gasteiger partial charge >= 0.3 is 12.5 Å². The highest BCUT2D eigenvalue weighted by atomic mass is 19.4. The molecule has 0 bridgehead atoms. The van der Waals surface area contributed by atoms with Crippen LogP contribution in [0.25, 0.3) is 0 Å². The SMILES string of the molecule is Cc1cc(CN)c(C(F)(F)F)nc1OC(F)(F)F. The molecule has 102 valence electrons. The molecule has 1 aromatic rings. The number of aromatic nitrogens is 1. The van der Waals surface area contributed by atoms with Crippen LogP contribution in [0, 0.1) is 6.92 Å². The van der Waals surface area contributed by atoms with E-state index >= 15 is 0 Å². The van der Waals surface area contributed by atoms with Gasteiger partial charge in [0.2, 0.25) is 5.88 Å². The van der Waals surface area contributed by atoms with Crippen LogP contribution in [0.3, 0.4) is 0 Å². The van der Waals surface area contributed by atoms with Gasteiger partial charge in [-0.3, -0.25) is 0 Å². The van der Waals surface area contributed by atoms with Crippen LogP contribution in [-0.4, -0.2) is 11.3 Å². The molecular formula is C9H8F6N2O. The van der Waals surface area contributed by atoms with E-state index in [1.807, 2.05) is 0 Å². The van der Waals surface area contributed by atoms with Crippen molar-refractivity contribution in [2.24, 2.45) is 5.73 Å². The fourth-order valence-corrected chi connectivity index (χ4v) is 1.27. The Morgan fingerprint density at radius 1 is 1.22 bits per heavy atom. The minimum absolute atomic E-state index is 0.180. The van der Waals surface area contributed by atoms with Crippen LogP contribution < -0.4 is 10.5 Å². The summed E-state index contributed by atoms with van der Waals surface area (Å²) in [5.74, 6) is -1.13. The summed E-state index contributed by atoms with van der Waals surface area (Å²) in [5.41, 5.74) is 3.04. The number of hydrogen-bond donors (Lipinski definition) is 1. The monoisotopic (exact) mass is 274 g/mol. The minimum atomic E-state index is -5.11. The van der Waals surface area contributed by atoms with E-state index in [1.165, 1.54) is 0 Å². The quantitative estimate of drug-likeness (QED) is 0.843. The summed E-state index contributed by atoms with van der Waals surface area (Å²) in [6.45, 7) is 0.655. The van der Waals surface area contributed by atoms with Crippen LogP contribution in [-0.2, 0) is 12.7 Å². The molecule has 0 radical (unpaired) electrons. The average Bonchev–Trinajstić information content (AvgIpc) is 2.16.